The fourth-order valence-corrected chi connectivity index (χ4v) is 1.26. The fourth-order valence-electron chi connectivity index (χ4n) is 1.26. The van der Waals surface area contributed by atoms with Crippen molar-refractivity contribution in [3.8, 4) is 0 Å². The summed E-state index contributed by atoms with van der Waals surface area (Å²) in [5.41, 5.74) is 1.93. The predicted molar refractivity (Wildman–Crippen MR) is 41.3 cm³/mol. The van der Waals surface area contributed by atoms with Gasteiger partial charge < -0.3 is 0 Å². The van der Waals surface area contributed by atoms with Crippen LogP contribution in [0.25, 0.3) is 0 Å². The Kier molecular flexibility index (Phi) is 1.93. The minimum atomic E-state index is 0.0625. The highest BCUT2D eigenvalue weighted by Crippen LogP contribution is 2.28. The molecule has 0 heterocycles. The molecule has 0 nitrogen and oxygen atoms in total. The molecule has 0 aromatic carbocycles. The van der Waals surface area contributed by atoms with Gasteiger partial charge in [0, 0.05) is 6.42 Å². The van der Waals surface area contributed by atoms with Crippen LogP contribution in [0.15, 0.2) is 23.0 Å². The molecule has 0 aliphatic heterocycles. The van der Waals surface area contributed by atoms with Gasteiger partial charge >= 0.3 is 0 Å². The third-order valence-electron chi connectivity index (χ3n) is 2.03. The molecule has 1 unspecified atom stereocenters. The molecule has 0 saturated carbocycles. The molecule has 10 heavy (non-hydrogen) atoms. The molecule has 1 aliphatic rings. The van der Waals surface area contributed by atoms with Crippen LogP contribution in [0.4, 0.5) is 4.39 Å². The Hall–Kier alpha value is -0.590. The summed E-state index contributed by atoms with van der Waals surface area (Å²) in [5, 5.41) is 0. The third-order valence-corrected chi connectivity index (χ3v) is 2.03. The van der Waals surface area contributed by atoms with Crippen LogP contribution in [-0.4, -0.2) is 0 Å². The smallest absolute Gasteiger partial charge is 0.104 e. The van der Waals surface area contributed by atoms with Gasteiger partial charge in [0.1, 0.15) is 5.83 Å². The average molecular weight is 140 g/mol. The standard InChI is InChI=1S/C9H13F/c1-6-4-7(2)8(3)9(10)5-6/h4,6H,5H2,1-3H3. The van der Waals surface area contributed by atoms with Crippen molar-refractivity contribution in [2.24, 2.45) is 5.92 Å². The lowest BCUT2D eigenvalue weighted by Gasteiger charge is -2.15. The molecule has 0 N–H and O–H groups in total. The molecular weight excluding hydrogens is 127 g/mol. The second kappa shape index (κ2) is 2.57. The van der Waals surface area contributed by atoms with Gasteiger partial charge in [-0.1, -0.05) is 13.0 Å². The Balaban J connectivity index is 2.90. The fraction of sp³-hybridized carbons (Fsp3) is 0.556. The van der Waals surface area contributed by atoms with Gasteiger partial charge in [-0.15, -0.1) is 0 Å². The first-order valence-electron chi connectivity index (χ1n) is 3.65. The van der Waals surface area contributed by atoms with Gasteiger partial charge in [-0.2, -0.15) is 0 Å². The number of rotatable bonds is 0. The second-order valence-electron chi connectivity index (χ2n) is 3.06. The minimum Gasteiger partial charge on any atom is -0.212 e. The lowest BCUT2D eigenvalue weighted by Crippen LogP contribution is -2.00. The number of hydrogen-bond acceptors (Lipinski definition) is 0. The Bertz CT molecular complexity index is 199. The molecule has 56 valence electrons. The largest absolute Gasteiger partial charge is 0.212 e. The van der Waals surface area contributed by atoms with Crippen LogP contribution in [0.1, 0.15) is 27.2 Å². The van der Waals surface area contributed by atoms with Crippen molar-refractivity contribution in [2.45, 2.75) is 27.2 Å². The molecule has 1 atom stereocenters. The summed E-state index contributed by atoms with van der Waals surface area (Å²) in [4.78, 5) is 0. The highest BCUT2D eigenvalue weighted by molar-refractivity contribution is 5.33. The van der Waals surface area contributed by atoms with Crippen LogP contribution >= 0.6 is 0 Å². The van der Waals surface area contributed by atoms with E-state index in [-0.39, 0.29) is 5.83 Å². The van der Waals surface area contributed by atoms with E-state index in [1.807, 2.05) is 20.8 Å². The molecule has 0 bridgehead atoms. The van der Waals surface area contributed by atoms with Gasteiger partial charge in [0.15, 0.2) is 0 Å². The number of halogens is 1. The molecule has 1 heteroatoms. The maximum Gasteiger partial charge on any atom is 0.104 e. The van der Waals surface area contributed by atoms with E-state index >= 15 is 0 Å². The zero-order chi connectivity index (χ0) is 7.72. The van der Waals surface area contributed by atoms with E-state index in [0.29, 0.717) is 12.3 Å². The number of hydrogen-bond donors (Lipinski definition) is 0. The molecule has 0 saturated heterocycles. The van der Waals surface area contributed by atoms with Crippen molar-refractivity contribution in [1.29, 1.82) is 0 Å². The van der Waals surface area contributed by atoms with Gasteiger partial charge in [-0.25, -0.2) is 4.39 Å². The van der Waals surface area contributed by atoms with Crippen molar-refractivity contribution in [1.82, 2.24) is 0 Å². The van der Waals surface area contributed by atoms with Crippen LogP contribution in [0, 0.1) is 5.92 Å². The lowest BCUT2D eigenvalue weighted by molar-refractivity contribution is 0.522. The zero-order valence-corrected chi connectivity index (χ0v) is 6.74. The van der Waals surface area contributed by atoms with Gasteiger partial charge in [-0.05, 0) is 30.9 Å². The molecule has 0 aromatic heterocycles. The molecule has 1 aliphatic carbocycles. The first kappa shape index (κ1) is 7.52. The van der Waals surface area contributed by atoms with Crippen LogP contribution < -0.4 is 0 Å². The van der Waals surface area contributed by atoms with E-state index in [2.05, 4.69) is 6.08 Å². The molecule has 0 radical (unpaired) electrons. The minimum absolute atomic E-state index is 0.0625. The Morgan fingerprint density at radius 2 is 2.10 bits per heavy atom. The Morgan fingerprint density at radius 3 is 2.60 bits per heavy atom. The van der Waals surface area contributed by atoms with Crippen LogP contribution in [0.5, 0.6) is 0 Å². The molecule has 1 rings (SSSR count). The first-order chi connectivity index (χ1) is 4.61. The molecule has 0 amide bonds. The summed E-state index contributed by atoms with van der Waals surface area (Å²) in [6.45, 7) is 5.84. The Morgan fingerprint density at radius 1 is 1.50 bits per heavy atom. The third kappa shape index (κ3) is 1.28. The van der Waals surface area contributed by atoms with Gasteiger partial charge in [0.05, 0.1) is 0 Å². The number of allylic oxidation sites excluding steroid dienone is 4. The van der Waals surface area contributed by atoms with Crippen LogP contribution in [0.2, 0.25) is 0 Å². The summed E-state index contributed by atoms with van der Waals surface area (Å²) in [7, 11) is 0. The second-order valence-corrected chi connectivity index (χ2v) is 3.06. The first-order valence-corrected chi connectivity index (χ1v) is 3.65. The maximum atomic E-state index is 12.9. The van der Waals surface area contributed by atoms with E-state index in [1.165, 1.54) is 0 Å². The van der Waals surface area contributed by atoms with Crippen molar-refractivity contribution < 1.29 is 4.39 Å². The van der Waals surface area contributed by atoms with Crippen molar-refractivity contribution in [3.05, 3.63) is 23.0 Å². The van der Waals surface area contributed by atoms with E-state index < -0.39 is 0 Å². The Labute approximate surface area is 61.4 Å². The van der Waals surface area contributed by atoms with E-state index in [0.717, 1.165) is 11.1 Å². The monoisotopic (exact) mass is 140 g/mol. The van der Waals surface area contributed by atoms with Crippen LogP contribution in [0.3, 0.4) is 0 Å². The van der Waals surface area contributed by atoms with E-state index in [1.54, 1.807) is 0 Å². The summed E-state index contributed by atoms with van der Waals surface area (Å²) in [6, 6.07) is 0. The van der Waals surface area contributed by atoms with Crippen molar-refractivity contribution >= 4 is 0 Å². The highest BCUT2D eigenvalue weighted by atomic mass is 19.1. The summed E-state index contributed by atoms with van der Waals surface area (Å²) in [5.74, 6) is 0.441. The summed E-state index contributed by atoms with van der Waals surface area (Å²) >= 11 is 0. The lowest BCUT2D eigenvalue weighted by atomic mass is 9.93. The normalized spacial score (nSPS) is 26.8. The predicted octanol–water partition coefficient (Wildman–Crippen LogP) is 3.22. The van der Waals surface area contributed by atoms with Crippen molar-refractivity contribution in [3.63, 3.8) is 0 Å². The van der Waals surface area contributed by atoms with Crippen LogP contribution in [-0.2, 0) is 0 Å². The van der Waals surface area contributed by atoms with E-state index in [4.69, 9.17) is 0 Å². The van der Waals surface area contributed by atoms with Gasteiger partial charge in [-0.3, -0.25) is 0 Å². The topological polar surface area (TPSA) is 0 Å². The van der Waals surface area contributed by atoms with Gasteiger partial charge in [0.25, 0.3) is 0 Å². The zero-order valence-electron chi connectivity index (χ0n) is 6.74. The quantitative estimate of drug-likeness (QED) is 0.484. The summed E-state index contributed by atoms with van der Waals surface area (Å²) < 4.78 is 12.9. The SMILES string of the molecule is CC1=CC(C)CC(F)=C1C. The molecule has 0 aromatic rings. The van der Waals surface area contributed by atoms with Crippen molar-refractivity contribution in [2.75, 3.05) is 0 Å². The van der Waals surface area contributed by atoms with E-state index in [9.17, 15) is 4.39 Å². The molecule has 0 fully saturated rings. The molecular formula is C9H13F. The summed E-state index contributed by atoms with van der Waals surface area (Å²) in [6.07, 6.45) is 2.71. The van der Waals surface area contributed by atoms with Gasteiger partial charge in [0.2, 0.25) is 0 Å². The maximum absolute atomic E-state index is 12.9. The highest BCUT2D eigenvalue weighted by Gasteiger charge is 2.13. The molecule has 0 spiro atoms. The average Bonchev–Trinajstić information content (AvgIpc) is 1.82.